The zero-order valence-electron chi connectivity index (χ0n) is 12.7. The maximum Gasteiger partial charge on any atom is 0.417 e. The van der Waals surface area contributed by atoms with Crippen LogP contribution < -0.4 is 4.90 Å². The average molecular weight is 326 g/mol. The minimum absolute atomic E-state index is 0.202. The molecule has 1 fully saturated rings. The molecule has 0 radical (unpaired) electrons. The third kappa shape index (κ3) is 3.95. The van der Waals surface area contributed by atoms with Crippen LogP contribution in [0.15, 0.2) is 18.2 Å². The van der Waals surface area contributed by atoms with E-state index >= 15 is 0 Å². The first kappa shape index (κ1) is 17.1. The number of anilines is 1. The number of piperidine rings is 1. The molecule has 0 amide bonds. The normalized spacial score (nSPS) is 16.0. The number of hydrogen-bond donors (Lipinski definition) is 0. The van der Waals surface area contributed by atoms with E-state index in [1.54, 1.807) is 17.9 Å². The van der Waals surface area contributed by atoms with Crippen molar-refractivity contribution in [3.05, 3.63) is 29.3 Å². The first-order valence-electron chi connectivity index (χ1n) is 7.39. The van der Waals surface area contributed by atoms with Gasteiger partial charge in [0, 0.05) is 18.8 Å². The molecule has 2 rings (SSSR count). The summed E-state index contributed by atoms with van der Waals surface area (Å²) in [5, 5.41) is 8.81. The molecule has 23 heavy (non-hydrogen) atoms. The Balaban J connectivity index is 2.13. The van der Waals surface area contributed by atoms with E-state index in [0.717, 1.165) is 6.07 Å². The van der Waals surface area contributed by atoms with Crippen LogP contribution in [0.4, 0.5) is 18.9 Å². The van der Waals surface area contributed by atoms with Crippen LogP contribution in [0.1, 0.15) is 30.9 Å². The molecular weight excluding hydrogens is 309 g/mol. The van der Waals surface area contributed by atoms with Crippen molar-refractivity contribution in [2.24, 2.45) is 5.92 Å². The van der Waals surface area contributed by atoms with Crippen LogP contribution in [0, 0.1) is 17.2 Å². The van der Waals surface area contributed by atoms with Crippen LogP contribution in [0.25, 0.3) is 0 Å². The number of benzene rings is 1. The van der Waals surface area contributed by atoms with Crippen LogP contribution in [-0.2, 0) is 15.7 Å². The summed E-state index contributed by atoms with van der Waals surface area (Å²) in [7, 11) is 0. The maximum absolute atomic E-state index is 13.0. The molecule has 4 nitrogen and oxygen atoms in total. The van der Waals surface area contributed by atoms with Crippen molar-refractivity contribution in [2.45, 2.75) is 25.9 Å². The van der Waals surface area contributed by atoms with Gasteiger partial charge in [-0.05, 0) is 38.0 Å². The number of hydrogen-bond acceptors (Lipinski definition) is 4. The second-order valence-electron chi connectivity index (χ2n) is 5.35. The molecule has 0 bridgehead atoms. The lowest BCUT2D eigenvalue weighted by molar-refractivity contribution is -0.148. The van der Waals surface area contributed by atoms with Crippen LogP contribution in [0.5, 0.6) is 0 Å². The maximum atomic E-state index is 13.0. The number of rotatable bonds is 3. The quantitative estimate of drug-likeness (QED) is 0.799. The van der Waals surface area contributed by atoms with E-state index in [9.17, 15) is 18.0 Å². The molecule has 7 heteroatoms. The molecule has 0 spiro atoms. The van der Waals surface area contributed by atoms with Crippen molar-refractivity contribution in [1.82, 2.24) is 0 Å². The van der Waals surface area contributed by atoms with Crippen molar-refractivity contribution in [3.63, 3.8) is 0 Å². The molecule has 0 N–H and O–H groups in total. The van der Waals surface area contributed by atoms with Crippen molar-refractivity contribution >= 4 is 11.7 Å². The van der Waals surface area contributed by atoms with Gasteiger partial charge in [-0.1, -0.05) is 0 Å². The van der Waals surface area contributed by atoms with E-state index in [4.69, 9.17) is 10.00 Å². The van der Waals surface area contributed by atoms with E-state index in [0.29, 0.717) is 38.2 Å². The molecule has 1 saturated heterocycles. The molecule has 1 aliphatic heterocycles. The van der Waals surface area contributed by atoms with Gasteiger partial charge in [0.1, 0.15) is 0 Å². The Labute approximate surface area is 132 Å². The predicted octanol–water partition coefficient (Wildman–Crippen LogP) is 3.36. The van der Waals surface area contributed by atoms with Gasteiger partial charge in [-0.3, -0.25) is 4.79 Å². The van der Waals surface area contributed by atoms with E-state index in [2.05, 4.69) is 0 Å². The molecule has 1 aromatic carbocycles. The smallest absolute Gasteiger partial charge is 0.417 e. The Morgan fingerprint density at radius 2 is 2.04 bits per heavy atom. The van der Waals surface area contributed by atoms with Gasteiger partial charge in [-0.15, -0.1) is 0 Å². The Kier molecular flexibility index (Phi) is 5.14. The second kappa shape index (κ2) is 6.90. The van der Waals surface area contributed by atoms with Gasteiger partial charge in [0.2, 0.25) is 0 Å². The lowest BCUT2D eigenvalue weighted by Crippen LogP contribution is -2.37. The standard InChI is InChI=1S/C16H17F3N2O2/c1-2-23-15(22)11-5-7-21(8-6-11)13-4-3-12(10-20)14(9-13)16(17,18)19/h3-4,9,11H,2,5-8H2,1H3. The molecule has 0 aliphatic carbocycles. The van der Waals surface area contributed by atoms with Crippen molar-refractivity contribution in [1.29, 1.82) is 5.26 Å². The Morgan fingerprint density at radius 1 is 1.39 bits per heavy atom. The highest BCUT2D eigenvalue weighted by molar-refractivity contribution is 5.73. The average Bonchev–Trinajstić information content (AvgIpc) is 2.54. The minimum atomic E-state index is -4.57. The molecule has 1 aliphatic rings. The molecule has 0 saturated carbocycles. The zero-order chi connectivity index (χ0) is 17.0. The number of carbonyl (C=O) groups is 1. The fraction of sp³-hybridized carbons (Fsp3) is 0.500. The first-order chi connectivity index (χ1) is 10.9. The van der Waals surface area contributed by atoms with Gasteiger partial charge in [-0.25, -0.2) is 0 Å². The van der Waals surface area contributed by atoms with Gasteiger partial charge in [-0.2, -0.15) is 18.4 Å². The molecule has 1 heterocycles. The summed E-state index contributed by atoms with van der Waals surface area (Å²) in [5.74, 6) is -0.449. The summed E-state index contributed by atoms with van der Waals surface area (Å²) in [5.41, 5.74) is -0.897. The summed E-state index contributed by atoms with van der Waals surface area (Å²) >= 11 is 0. The number of alkyl halides is 3. The highest BCUT2D eigenvalue weighted by atomic mass is 19.4. The molecule has 1 aromatic rings. The van der Waals surface area contributed by atoms with Crippen molar-refractivity contribution < 1.29 is 22.7 Å². The number of ether oxygens (including phenoxy) is 1. The SMILES string of the molecule is CCOC(=O)C1CCN(c2ccc(C#N)c(C(F)(F)F)c2)CC1. The van der Waals surface area contributed by atoms with Crippen molar-refractivity contribution in [2.75, 3.05) is 24.6 Å². The summed E-state index contributed by atoms with van der Waals surface area (Å²) in [6.07, 6.45) is -3.48. The molecular formula is C16H17F3N2O2. The Morgan fingerprint density at radius 3 is 2.57 bits per heavy atom. The number of esters is 1. The first-order valence-corrected chi connectivity index (χ1v) is 7.39. The summed E-state index contributed by atoms with van der Waals surface area (Å²) in [6.45, 7) is 3.02. The van der Waals surface area contributed by atoms with Crippen LogP contribution in [-0.4, -0.2) is 25.7 Å². The highest BCUT2D eigenvalue weighted by Crippen LogP contribution is 2.35. The summed E-state index contributed by atoms with van der Waals surface area (Å²) in [4.78, 5) is 13.5. The number of halogens is 3. The zero-order valence-corrected chi connectivity index (χ0v) is 12.7. The van der Waals surface area contributed by atoms with Crippen LogP contribution in [0.3, 0.4) is 0 Å². The van der Waals surface area contributed by atoms with E-state index in [-0.39, 0.29) is 17.5 Å². The second-order valence-corrected chi connectivity index (χ2v) is 5.35. The monoisotopic (exact) mass is 326 g/mol. The fourth-order valence-electron chi connectivity index (χ4n) is 2.69. The summed E-state index contributed by atoms with van der Waals surface area (Å²) in [6, 6.07) is 5.27. The number of carbonyl (C=O) groups excluding carboxylic acids is 1. The topological polar surface area (TPSA) is 53.3 Å². The molecule has 0 unspecified atom stereocenters. The van der Waals surface area contributed by atoms with Gasteiger partial charge in [0.15, 0.2) is 0 Å². The highest BCUT2D eigenvalue weighted by Gasteiger charge is 2.34. The lowest BCUT2D eigenvalue weighted by Gasteiger charge is -2.33. The van der Waals surface area contributed by atoms with Crippen molar-refractivity contribution in [3.8, 4) is 6.07 Å². The van der Waals surface area contributed by atoms with E-state index < -0.39 is 11.7 Å². The third-order valence-electron chi connectivity index (χ3n) is 3.91. The largest absolute Gasteiger partial charge is 0.466 e. The van der Waals surface area contributed by atoms with Crippen LogP contribution in [0.2, 0.25) is 0 Å². The van der Waals surface area contributed by atoms with Gasteiger partial charge in [0.05, 0.1) is 29.7 Å². The van der Waals surface area contributed by atoms with E-state index in [1.807, 2.05) is 0 Å². The van der Waals surface area contributed by atoms with Gasteiger partial charge >= 0.3 is 12.1 Å². The Hall–Kier alpha value is -2.23. The fourth-order valence-corrected chi connectivity index (χ4v) is 2.69. The van der Waals surface area contributed by atoms with E-state index in [1.165, 1.54) is 12.1 Å². The lowest BCUT2D eigenvalue weighted by atomic mass is 9.96. The number of nitriles is 1. The molecule has 0 atom stereocenters. The number of nitrogens with zero attached hydrogens (tertiary/aromatic N) is 2. The van der Waals surface area contributed by atoms with Gasteiger partial charge < -0.3 is 9.64 Å². The van der Waals surface area contributed by atoms with Crippen LogP contribution >= 0.6 is 0 Å². The third-order valence-corrected chi connectivity index (χ3v) is 3.91. The summed E-state index contributed by atoms with van der Waals surface area (Å²) < 4.78 is 44.0. The Bertz CT molecular complexity index is 615. The predicted molar refractivity (Wildman–Crippen MR) is 77.7 cm³/mol. The molecule has 0 aromatic heterocycles. The van der Waals surface area contributed by atoms with Gasteiger partial charge in [0.25, 0.3) is 0 Å². The minimum Gasteiger partial charge on any atom is -0.466 e. The molecule has 124 valence electrons.